The molecule has 24 heavy (non-hydrogen) atoms. The molecule has 0 bridgehead atoms. The Morgan fingerprint density at radius 3 is 2.79 bits per heavy atom. The molecule has 1 amide bonds. The van der Waals surface area contributed by atoms with E-state index in [-0.39, 0.29) is 22.4 Å². The minimum Gasteiger partial charge on any atom is -0.425 e. The zero-order chi connectivity index (χ0) is 17.7. The smallest absolute Gasteiger partial charge is 0.334 e. The molecule has 1 atom stereocenters. The summed E-state index contributed by atoms with van der Waals surface area (Å²) >= 11 is 5.82. The van der Waals surface area contributed by atoms with Crippen molar-refractivity contribution in [2.45, 2.75) is 45.1 Å². The first-order chi connectivity index (χ1) is 11.4. The van der Waals surface area contributed by atoms with Gasteiger partial charge in [0.25, 0.3) is 5.69 Å². The van der Waals surface area contributed by atoms with Crippen LogP contribution in [-0.2, 0) is 9.59 Å². The van der Waals surface area contributed by atoms with Crippen molar-refractivity contribution in [3.63, 3.8) is 0 Å². The van der Waals surface area contributed by atoms with E-state index in [9.17, 15) is 19.7 Å². The maximum absolute atomic E-state index is 12.4. The lowest BCUT2D eigenvalue weighted by Gasteiger charge is -2.34. The fourth-order valence-corrected chi connectivity index (χ4v) is 2.96. The van der Waals surface area contributed by atoms with Crippen molar-refractivity contribution in [2.75, 3.05) is 6.54 Å². The van der Waals surface area contributed by atoms with E-state index in [4.69, 9.17) is 16.3 Å². The van der Waals surface area contributed by atoms with Crippen LogP contribution in [-0.4, -0.2) is 34.3 Å². The highest BCUT2D eigenvalue weighted by Crippen LogP contribution is 2.29. The van der Waals surface area contributed by atoms with Crippen molar-refractivity contribution in [1.29, 1.82) is 0 Å². The average Bonchev–Trinajstić information content (AvgIpc) is 2.54. The summed E-state index contributed by atoms with van der Waals surface area (Å²) in [5.74, 6) is -0.464. The van der Waals surface area contributed by atoms with E-state index in [2.05, 4.69) is 0 Å². The molecular formula is C16H19ClN2O5. The van der Waals surface area contributed by atoms with Gasteiger partial charge < -0.3 is 9.64 Å². The third-order valence-corrected chi connectivity index (χ3v) is 4.20. The summed E-state index contributed by atoms with van der Waals surface area (Å²) in [5, 5.41) is 10.6. The van der Waals surface area contributed by atoms with Gasteiger partial charge in [-0.25, -0.2) is 4.79 Å². The van der Waals surface area contributed by atoms with Gasteiger partial charge in [0.1, 0.15) is 16.8 Å². The van der Waals surface area contributed by atoms with Crippen molar-refractivity contribution in [3.05, 3.63) is 33.3 Å². The number of rotatable bonds is 5. The third kappa shape index (κ3) is 4.23. The molecule has 0 saturated carbocycles. The molecule has 1 unspecified atom stereocenters. The minimum atomic E-state index is -0.619. The van der Waals surface area contributed by atoms with E-state index in [1.54, 1.807) is 4.90 Å². The number of benzene rings is 1. The first kappa shape index (κ1) is 18.2. The largest absolute Gasteiger partial charge is 0.425 e. The second-order valence-corrected chi connectivity index (χ2v) is 6.05. The Balaban J connectivity index is 2.11. The Labute approximate surface area is 144 Å². The number of carbonyl (C=O) groups excluding carboxylic acids is 2. The highest BCUT2D eigenvalue weighted by Gasteiger charge is 2.33. The van der Waals surface area contributed by atoms with Gasteiger partial charge in [-0.05, 0) is 31.7 Å². The molecule has 0 radical (unpaired) electrons. The number of esters is 1. The second-order valence-electron chi connectivity index (χ2n) is 5.64. The molecule has 130 valence electrons. The molecule has 1 saturated heterocycles. The number of amides is 1. The topological polar surface area (TPSA) is 89.8 Å². The van der Waals surface area contributed by atoms with Gasteiger partial charge in [-0.1, -0.05) is 18.5 Å². The number of hydrogen-bond acceptors (Lipinski definition) is 5. The molecule has 2 rings (SSSR count). The fourth-order valence-electron chi connectivity index (χ4n) is 2.72. The second kappa shape index (κ2) is 8.10. The van der Waals surface area contributed by atoms with Crippen LogP contribution in [0.3, 0.4) is 0 Å². The van der Waals surface area contributed by atoms with Crippen LogP contribution in [0.5, 0.6) is 5.75 Å². The summed E-state index contributed by atoms with van der Waals surface area (Å²) in [4.78, 5) is 36.3. The van der Waals surface area contributed by atoms with Gasteiger partial charge >= 0.3 is 5.97 Å². The number of nitro groups is 1. The Kier molecular flexibility index (Phi) is 6.14. The predicted molar refractivity (Wildman–Crippen MR) is 88.0 cm³/mol. The van der Waals surface area contributed by atoms with Crippen LogP contribution in [0, 0.1) is 10.1 Å². The first-order valence-electron chi connectivity index (χ1n) is 7.89. The zero-order valence-electron chi connectivity index (χ0n) is 13.4. The standard InChI is InChI=1S/C16H19ClN2O5/c1-2-5-15(20)18-9-4-3-6-14(18)16(21)24-11-7-8-13(19(22)23)12(17)10-11/h7-8,10,14H,2-6,9H2,1H3. The van der Waals surface area contributed by atoms with Crippen molar-refractivity contribution in [1.82, 2.24) is 4.90 Å². The summed E-state index contributed by atoms with van der Waals surface area (Å²) in [6, 6.07) is 3.12. The zero-order valence-corrected chi connectivity index (χ0v) is 14.1. The summed E-state index contributed by atoms with van der Waals surface area (Å²) < 4.78 is 5.29. The van der Waals surface area contributed by atoms with Crippen LogP contribution in [0.15, 0.2) is 18.2 Å². The minimum absolute atomic E-state index is 0.0547. The van der Waals surface area contributed by atoms with Crippen LogP contribution >= 0.6 is 11.6 Å². The number of likely N-dealkylation sites (tertiary alicyclic amines) is 1. The quantitative estimate of drug-likeness (QED) is 0.350. The summed E-state index contributed by atoms with van der Waals surface area (Å²) in [6.45, 7) is 2.45. The summed E-state index contributed by atoms with van der Waals surface area (Å²) in [6.07, 6.45) is 3.37. The summed E-state index contributed by atoms with van der Waals surface area (Å²) in [5.41, 5.74) is -0.256. The van der Waals surface area contributed by atoms with Crippen LogP contribution in [0.1, 0.15) is 39.0 Å². The van der Waals surface area contributed by atoms with Crippen LogP contribution in [0.25, 0.3) is 0 Å². The van der Waals surface area contributed by atoms with Gasteiger partial charge in [-0.15, -0.1) is 0 Å². The highest BCUT2D eigenvalue weighted by atomic mass is 35.5. The van der Waals surface area contributed by atoms with Gasteiger partial charge in [-0.3, -0.25) is 14.9 Å². The number of carbonyl (C=O) groups is 2. The van der Waals surface area contributed by atoms with E-state index in [0.29, 0.717) is 19.4 Å². The fraction of sp³-hybridized carbons (Fsp3) is 0.500. The van der Waals surface area contributed by atoms with E-state index >= 15 is 0 Å². The number of nitrogens with zero attached hydrogens (tertiary/aromatic N) is 2. The molecular weight excluding hydrogens is 336 g/mol. The number of nitro benzene ring substituents is 1. The lowest BCUT2D eigenvalue weighted by Crippen LogP contribution is -2.49. The Bertz CT molecular complexity index is 649. The maximum atomic E-state index is 12.4. The average molecular weight is 355 g/mol. The molecule has 1 aliphatic rings. The van der Waals surface area contributed by atoms with Gasteiger partial charge in [-0.2, -0.15) is 0 Å². The molecule has 0 spiro atoms. The van der Waals surface area contributed by atoms with Gasteiger partial charge in [0.05, 0.1) is 4.92 Å². The number of halogens is 1. The molecule has 1 aliphatic heterocycles. The van der Waals surface area contributed by atoms with Crippen LogP contribution < -0.4 is 4.74 Å². The lowest BCUT2D eigenvalue weighted by atomic mass is 10.0. The Hall–Kier alpha value is -2.15. The molecule has 8 heteroatoms. The van der Waals surface area contributed by atoms with Gasteiger partial charge in [0.2, 0.25) is 5.91 Å². The molecule has 1 fully saturated rings. The van der Waals surface area contributed by atoms with Gasteiger partial charge in [0.15, 0.2) is 0 Å². The predicted octanol–water partition coefficient (Wildman–Crippen LogP) is 3.33. The maximum Gasteiger partial charge on any atom is 0.334 e. The van der Waals surface area contributed by atoms with E-state index < -0.39 is 16.9 Å². The van der Waals surface area contributed by atoms with Crippen molar-refractivity contribution >= 4 is 29.2 Å². The summed E-state index contributed by atoms with van der Waals surface area (Å²) in [7, 11) is 0. The third-order valence-electron chi connectivity index (χ3n) is 3.89. The van der Waals surface area contributed by atoms with Crippen molar-refractivity contribution in [3.8, 4) is 5.75 Å². The number of ether oxygens (including phenoxy) is 1. The molecule has 1 aromatic carbocycles. The van der Waals surface area contributed by atoms with E-state index in [1.807, 2.05) is 6.92 Å². The molecule has 1 heterocycles. The lowest BCUT2D eigenvalue weighted by molar-refractivity contribution is -0.384. The molecule has 0 aliphatic carbocycles. The monoisotopic (exact) mass is 354 g/mol. The normalized spacial score (nSPS) is 17.4. The number of hydrogen-bond donors (Lipinski definition) is 0. The molecule has 0 N–H and O–H groups in total. The molecule has 1 aromatic rings. The van der Waals surface area contributed by atoms with Crippen molar-refractivity contribution < 1.29 is 19.2 Å². The number of piperidine rings is 1. The molecule has 7 nitrogen and oxygen atoms in total. The Morgan fingerprint density at radius 1 is 1.42 bits per heavy atom. The van der Waals surface area contributed by atoms with E-state index in [1.165, 1.54) is 18.2 Å². The van der Waals surface area contributed by atoms with Crippen LogP contribution in [0.2, 0.25) is 5.02 Å². The highest BCUT2D eigenvalue weighted by molar-refractivity contribution is 6.32. The van der Waals surface area contributed by atoms with Gasteiger partial charge in [0, 0.05) is 25.1 Å². The van der Waals surface area contributed by atoms with Crippen LogP contribution in [0.4, 0.5) is 5.69 Å². The van der Waals surface area contributed by atoms with Crippen molar-refractivity contribution in [2.24, 2.45) is 0 Å². The molecule has 0 aromatic heterocycles. The first-order valence-corrected chi connectivity index (χ1v) is 8.27. The Morgan fingerprint density at radius 2 is 2.17 bits per heavy atom. The van der Waals surface area contributed by atoms with E-state index in [0.717, 1.165) is 19.3 Å². The SMILES string of the molecule is CCCC(=O)N1CCCCC1C(=O)Oc1ccc([N+](=O)[O-])c(Cl)c1.